The molecule has 0 saturated heterocycles. The van der Waals surface area contributed by atoms with Crippen molar-refractivity contribution in [3.8, 4) is 11.3 Å². The van der Waals surface area contributed by atoms with Crippen molar-refractivity contribution in [3.63, 3.8) is 0 Å². The number of rotatable bonds is 7. The molecule has 0 spiro atoms. The van der Waals surface area contributed by atoms with E-state index in [0.717, 1.165) is 51.0 Å². The Kier molecular flexibility index (Phi) is 11.9. The fourth-order valence-electron chi connectivity index (χ4n) is 4.72. The molecule has 0 saturated carbocycles. The first kappa shape index (κ1) is 36.5. The Hall–Kier alpha value is -2.66. The zero-order valence-electron chi connectivity index (χ0n) is 27.6. The van der Waals surface area contributed by atoms with Gasteiger partial charge in [0.25, 0.3) is 0 Å². The average Bonchev–Trinajstić information content (AvgIpc) is 2.91. The maximum absolute atomic E-state index is 15.2. The molecule has 0 unspecified atom stereocenters. The SMILES string of the molecule is CCC(C)(C)C(=O)/C=C(\O)C(C)(C)CC.Cc1[c-]c(-c2nccc3c2ccc2c(F)c([Si](C)(C)C)ccc23)cc(C)c1.[Ir]. The molecule has 43 heavy (non-hydrogen) atoms. The van der Waals surface area contributed by atoms with Crippen LogP contribution in [0.1, 0.15) is 65.5 Å². The van der Waals surface area contributed by atoms with Crippen LogP contribution in [-0.2, 0) is 24.9 Å². The number of hydrogen-bond acceptors (Lipinski definition) is 3. The summed E-state index contributed by atoms with van der Waals surface area (Å²) in [6, 6.07) is 17.6. The van der Waals surface area contributed by atoms with E-state index in [9.17, 15) is 9.90 Å². The molecule has 1 heterocycles. The normalized spacial score (nSPS) is 12.5. The van der Waals surface area contributed by atoms with Gasteiger partial charge < -0.3 is 10.1 Å². The maximum Gasteiger partial charge on any atom is 0.164 e. The first-order valence-corrected chi connectivity index (χ1v) is 18.4. The van der Waals surface area contributed by atoms with Crippen molar-refractivity contribution in [2.75, 3.05) is 0 Å². The standard InChI is InChI=1S/C24H23FNSi.C13H24O2.Ir/c1-15-12-16(2)14-17(13-15)24-21-7-6-20-18(19(21)10-11-26-24)8-9-22(23(20)25)27(3,4)5;1-7-12(3,4)10(14)9-11(15)13(5,6)8-2;/h6-13H,1-5H3;9,14H,7-8H2,1-6H3;/q-1;;/b;10-9-;. The fraction of sp³-hybridized carbons (Fsp3) is 0.405. The molecule has 6 heteroatoms. The Balaban J connectivity index is 0.000000348. The van der Waals surface area contributed by atoms with Crippen LogP contribution in [0.3, 0.4) is 0 Å². The third-order valence-corrected chi connectivity index (χ3v) is 10.5. The molecule has 0 atom stereocenters. The van der Waals surface area contributed by atoms with Crippen molar-refractivity contribution < 1.29 is 34.4 Å². The second-order valence-electron chi connectivity index (χ2n) is 13.7. The predicted octanol–water partition coefficient (Wildman–Crippen LogP) is 10.0. The Morgan fingerprint density at radius 1 is 0.907 bits per heavy atom. The van der Waals surface area contributed by atoms with Gasteiger partial charge in [0, 0.05) is 48.6 Å². The number of carbonyl (C=O) groups excluding carboxylic acids is 1. The summed E-state index contributed by atoms with van der Waals surface area (Å²) in [5.74, 6) is 0.130. The molecule has 1 N–H and O–H groups in total. The Morgan fingerprint density at radius 2 is 1.47 bits per heavy atom. The predicted molar refractivity (Wildman–Crippen MR) is 180 cm³/mol. The summed E-state index contributed by atoms with van der Waals surface area (Å²) in [6.45, 7) is 22.3. The van der Waals surface area contributed by atoms with Gasteiger partial charge in [-0.2, -0.15) is 0 Å². The van der Waals surface area contributed by atoms with E-state index in [1.165, 1.54) is 11.6 Å². The van der Waals surface area contributed by atoms with Crippen LogP contribution in [0.5, 0.6) is 0 Å². The third-order valence-electron chi connectivity index (χ3n) is 8.48. The summed E-state index contributed by atoms with van der Waals surface area (Å²) in [5.41, 5.74) is 3.48. The molecule has 233 valence electrons. The molecule has 3 nitrogen and oxygen atoms in total. The minimum atomic E-state index is -1.73. The van der Waals surface area contributed by atoms with Crippen molar-refractivity contribution in [3.05, 3.63) is 83.5 Å². The number of aliphatic hydroxyl groups is 1. The van der Waals surface area contributed by atoms with E-state index >= 15 is 4.39 Å². The van der Waals surface area contributed by atoms with Gasteiger partial charge >= 0.3 is 0 Å². The molecule has 0 aliphatic heterocycles. The number of halogens is 1. The summed E-state index contributed by atoms with van der Waals surface area (Å²) in [5, 5.41) is 14.4. The minimum Gasteiger partial charge on any atom is -0.512 e. The van der Waals surface area contributed by atoms with Gasteiger partial charge in [-0.25, -0.2) is 4.39 Å². The van der Waals surface area contributed by atoms with Crippen LogP contribution in [0, 0.1) is 36.6 Å². The topological polar surface area (TPSA) is 50.2 Å². The molecule has 0 bridgehead atoms. The number of aromatic nitrogens is 1. The molecule has 1 radical (unpaired) electrons. The van der Waals surface area contributed by atoms with E-state index < -0.39 is 8.07 Å². The van der Waals surface area contributed by atoms with Crippen LogP contribution in [0.2, 0.25) is 19.6 Å². The average molecular weight is 777 g/mol. The zero-order valence-corrected chi connectivity index (χ0v) is 31.0. The van der Waals surface area contributed by atoms with Crippen molar-refractivity contribution in [1.82, 2.24) is 4.98 Å². The molecule has 0 aliphatic rings. The number of carbonyl (C=O) groups is 1. The molecule has 0 fully saturated rings. The van der Waals surface area contributed by atoms with E-state index in [2.05, 4.69) is 55.8 Å². The zero-order chi connectivity index (χ0) is 31.6. The number of aryl methyl sites for hydroxylation is 2. The van der Waals surface area contributed by atoms with Gasteiger partial charge in [0.15, 0.2) is 5.78 Å². The smallest absolute Gasteiger partial charge is 0.164 e. The Morgan fingerprint density at radius 3 is 2.02 bits per heavy atom. The van der Waals surface area contributed by atoms with Gasteiger partial charge in [-0.1, -0.05) is 99.3 Å². The first-order chi connectivity index (χ1) is 19.4. The minimum absolute atomic E-state index is 0. The molecule has 1 aromatic heterocycles. The van der Waals surface area contributed by atoms with Gasteiger partial charge in [0.05, 0.1) is 8.07 Å². The summed E-state index contributed by atoms with van der Waals surface area (Å²) in [4.78, 5) is 16.5. The second kappa shape index (κ2) is 14.0. The fourth-order valence-corrected chi connectivity index (χ4v) is 6.10. The molecule has 0 aliphatic carbocycles. The maximum atomic E-state index is 15.2. The Labute approximate surface area is 272 Å². The number of pyridine rings is 1. The summed E-state index contributed by atoms with van der Waals surface area (Å²) in [6.07, 6.45) is 4.80. The van der Waals surface area contributed by atoms with Crippen molar-refractivity contribution in [2.45, 2.75) is 87.9 Å². The molecule has 4 rings (SSSR count). The Bertz CT molecular complexity index is 1630. The van der Waals surface area contributed by atoms with Gasteiger partial charge in [0.1, 0.15) is 11.6 Å². The first-order valence-electron chi connectivity index (χ1n) is 14.9. The molecule has 4 aromatic rings. The van der Waals surface area contributed by atoms with Gasteiger partial charge in [-0.3, -0.25) is 4.79 Å². The van der Waals surface area contributed by atoms with E-state index in [-0.39, 0.29) is 48.3 Å². The van der Waals surface area contributed by atoms with Gasteiger partial charge in [0.2, 0.25) is 0 Å². The number of ketones is 1. The molecule has 0 amide bonds. The van der Waals surface area contributed by atoms with E-state index in [4.69, 9.17) is 0 Å². The summed E-state index contributed by atoms with van der Waals surface area (Å²) in [7, 11) is -1.73. The number of hydrogen-bond donors (Lipinski definition) is 1. The van der Waals surface area contributed by atoms with Gasteiger partial charge in [-0.05, 0) is 45.9 Å². The number of benzene rings is 3. The largest absolute Gasteiger partial charge is 0.512 e. The third kappa shape index (κ3) is 8.29. The van der Waals surface area contributed by atoms with E-state index in [1.807, 2.05) is 78.9 Å². The molecular weight excluding hydrogens is 730 g/mol. The van der Waals surface area contributed by atoms with E-state index in [0.29, 0.717) is 5.39 Å². The number of fused-ring (bicyclic) bond motifs is 3. The van der Waals surface area contributed by atoms with Crippen LogP contribution in [0.4, 0.5) is 4.39 Å². The molecule has 3 aromatic carbocycles. The van der Waals surface area contributed by atoms with Crippen molar-refractivity contribution >= 4 is 40.6 Å². The van der Waals surface area contributed by atoms with Crippen LogP contribution in [0.15, 0.2) is 60.5 Å². The van der Waals surface area contributed by atoms with E-state index in [1.54, 1.807) is 0 Å². The van der Waals surface area contributed by atoms with Crippen LogP contribution in [-0.4, -0.2) is 23.9 Å². The second-order valence-corrected chi connectivity index (χ2v) is 18.8. The number of aliphatic hydroxyl groups excluding tert-OH is 1. The summed E-state index contributed by atoms with van der Waals surface area (Å²) >= 11 is 0. The van der Waals surface area contributed by atoms with Crippen LogP contribution in [0.25, 0.3) is 32.8 Å². The van der Waals surface area contributed by atoms with Gasteiger partial charge in [-0.15, -0.1) is 34.9 Å². The van der Waals surface area contributed by atoms with Crippen LogP contribution >= 0.6 is 0 Å². The van der Waals surface area contributed by atoms with Crippen LogP contribution < -0.4 is 5.19 Å². The van der Waals surface area contributed by atoms with Crippen molar-refractivity contribution in [1.29, 1.82) is 0 Å². The van der Waals surface area contributed by atoms with Crippen molar-refractivity contribution in [2.24, 2.45) is 10.8 Å². The summed E-state index contributed by atoms with van der Waals surface area (Å²) < 4.78 is 15.2. The monoisotopic (exact) mass is 777 g/mol. The quantitative estimate of drug-likeness (QED) is 0.0669. The number of allylic oxidation sites excluding steroid dienone is 2. The molecular formula is C37H47FIrNO2Si-. The number of nitrogens with zero attached hydrogens (tertiary/aromatic N) is 1.